The summed E-state index contributed by atoms with van der Waals surface area (Å²) in [6.07, 6.45) is 1.30. The first-order valence-electron chi connectivity index (χ1n) is 5.12. The zero-order valence-electron chi connectivity index (χ0n) is 10.1. The fourth-order valence-electron chi connectivity index (χ4n) is 1.40. The van der Waals surface area contributed by atoms with Crippen molar-refractivity contribution in [1.82, 2.24) is 5.32 Å². The molecule has 0 saturated heterocycles. The molecule has 8 heteroatoms. The highest BCUT2D eigenvalue weighted by atomic mass is 35.5. The van der Waals surface area contributed by atoms with Gasteiger partial charge in [-0.05, 0) is 23.3 Å². The van der Waals surface area contributed by atoms with E-state index in [4.69, 9.17) is 16.7 Å². The summed E-state index contributed by atoms with van der Waals surface area (Å²) in [5.41, 5.74) is 1.33. The number of amides is 1. The smallest absolute Gasteiger partial charge is 0.404 e. The molecule has 0 bridgehead atoms. The largest absolute Gasteiger partial charge is 0.465 e. The average molecular weight is 305 g/mol. The lowest BCUT2D eigenvalue weighted by Crippen LogP contribution is -2.20. The molecule has 0 aliphatic carbocycles. The Morgan fingerprint density at radius 3 is 2.63 bits per heavy atom. The van der Waals surface area contributed by atoms with Gasteiger partial charge in [0.1, 0.15) is 0 Å². The van der Waals surface area contributed by atoms with Gasteiger partial charge in [-0.1, -0.05) is 24.3 Å². The topological polar surface area (TPSA) is 95.5 Å². The second-order valence-corrected chi connectivity index (χ2v) is 5.92. The molecule has 0 saturated carbocycles. The van der Waals surface area contributed by atoms with Gasteiger partial charge in [-0.2, -0.15) is 0 Å². The van der Waals surface area contributed by atoms with Crippen molar-refractivity contribution in [3.63, 3.8) is 0 Å². The molecule has 0 fully saturated rings. The van der Waals surface area contributed by atoms with Crippen molar-refractivity contribution in [2.45, 2.75) is 6.54 Å². The highest BCUT2D eigenvalue weighted by Gasteiger charge is 2.11. The SMILES string of the molecule is C=Cc1cc(CNC(=O)O)c(Cl)cc1NS(C)(=O)=O. The summed E-state index contributed by atoms with van der Waals surface area (Å²) >= 11 is 5.97. The molecule has 1 aromatic rings. The molecule has 0 heterocycles. The number of carboxylic acid groups (broad SMARTS) is 1. The summed E-state index contributed by atoms with van der Waals surface area (Å²) in [5, 5.41) is 11.0. The minimum Gasteiger partial charge on any atom is -0.465 e. The van der Waals surface area contributed by atoms with Crippen molar-refractivity contribution in [2.24, 2.45) is 0 Å². The van der Waals surface area contributed by atoms with E-state index in [1.807, 2.05) is 0 Å². The van der Waals surface area contributed by atoms with E-state index in [0.717, 1.165) is 6.26 Å². The quantitative estimate of drug-likeness (QED) is 0.776. The molecule has 0 radical (unpaired) electrons. The van der Waals surface area contributed by atoms with E-state index >= 15 is 0 Å². The number of sulfonamides is 1. The highest BCUT2D eigenvalue weighted by molar-refractivity contribution is 7.92. The van der Waals surface area contributed by atoms with Crippen LogP contribution in [0.15, 0.2) is 18.7 Å². The molecule has 1 aromatic carbocycles. The van der Waals surface area contributed by atoms with E-state index in [2.05, 4.69) is 16.6 Å². The maximum absolute atomic E-state index is 11.2. The van der Waals surface area contributed by atoms with E-state index in [0.29, 0.717) is 16.8 Å². The van der Waals surface area contributed by atoms with Gasteiger partial charge in [0.05, 0.1) is 11.9 Å². The number of anilines is 1. The molecule has 0 atom stereocenters. The molecule has 1 rings (SSSR count). The van der Waals surface area contributed by atoms with Crippen LogP contribution in [0, 0.1) is 0 Å². The van der Waals surface area contributed by atoms with Gasteiger partial charge >= 0.3 is 6.09 Å². The van der Waals surface area contributed by atoms with Gasteiger partial charge in [0.25, 0.3) is 0 Å². The van der Waals surface area contributed by atoms with Crippen molar-refractivity contribution in [1.29, 1.82) is 0 Å². The van der Waals surface area contributed by atoms with Gasteiger partial charge in [0.2, 0.25) is 10.0 Å². The molecule has 19 heavy (non-hydrogen) atoms. The second-order valence-electron chi connectivity index (χ2n) is 3.77. The van der Waals surface area contributed by atoms with Crippen molar-refractivity contribution in [2.75, 3.05) is 11.0 Å². The van der Waals surface area contributed by atoms with E-state index in [9.17, 15) is 13.2 Å². The number of rotatable bonds is 5. The third-order valence-corrected chi connectivity index (χ3v) is 3.11. The van der Waals surface area contributed by atoms with Crippen LogP contribution in [0.1, 0.15) is 11.1 Å². The Labute approximate surface area is 116 Å². The number of carbonyl (C=O) groups is 1. The summed E-state index contributed by atoms with van der Waals surface area (Å²) in [5.74, 6) is 0. The zero-order valence-corrected chi connectivity index (χ0v) is 11.7. The molecule has 0 unspecified atom stereocenters. The average Bonchev–Trinajstić information content (AvgIpc) is 2.25. The minimum atomic E-state index is -3.43. The van der Waals surface area contributed by atoms with Crippen LogP contribution in [-0.4, -0.2) is 25.9 Å². The van der Waals surface area contributed by atoms with E-state index in [-0.39, 0.29) is 11.6 Å². The molecule has 0 aliphatic rings. The monoisotopic (exact) mass is 304 g/mol. The van der Waals surface area contributed by atoms with Crippen molar-refractivity contribution in [3.05, 3.63) is 34.9 Å². The number of hydrogen-bond acceptors (Lipinski definition) is 3. The summed E-state index contributed by atoms with van der Waals surface area (Å²) in [4.78, 5) is 10.4. The van der Waals surface area contributed by atoms with E-state index in [1.54, 1.807) is 6.07 Å². The Kier molecular flexibility index (Phi) is 4.79. The Morgan fingerprint density at radius 2 is 2.16 bits per heavy atom. The predicted octanol–water partition coefficient (Wildman–Crippen LogP) is 2.12. The van der Waals surface area contributed by atoms with E-state index in [1.165, 1.54) is 12.1 Å². The van der Waals surface area contributed by atoms with Gasteiger partial charge in [0.15, 0.2) is 0 Å². The van der Waals surface area contributed by atoms with Crippen LogP contribution < -0.4 is 10.0 Å². The van der Waals surface area contributed by atoms with E-state index < -0.39 is 16.1 Å². The third-order valence-electron chi connectivity index (χ3n) is 2.16. The fourth-order valence-corrected chi connectivity index (χ4v) is 2.21. The minimum absolute atomic E-state index is 0.0220. The summed E-state index contributed by atoms with van der Waals surface area (Å²) in [7, 11) is -3.43. The maximum atomic E-state index is 11.2. The molecular weight excluding hydrogens is 292 g/mol. The van der Waals surface area contributed by atoms with Crippen molar-refractivity contribution < 1.29 is 18.3 Å². The van der Waals surface area contributed by atoms with Crippen LogP contribution in [0.2, 0.25) is 5.02 Å². The fraction of sp³-hybridized carbons (Fsp3) is 0.182. The lowest BCUT2D eigenvalue weighted by molar-refractivity contribution is 0.194. The Bertz CT molecular complexity index is 613. The third kappa shape index (κ3) is 4.80. The lowest BCUT2D eigenvalue weighted by Gasteiger charge is -2.12. The Morgan fingerprint density at radius 1 is 1.53 bits per heavy atom. The molecular formula is C11H13ClN2O4S. The molecule has 1 amide bonds. The second kappa shape index (κ2) is 5.94. The molecule has 0 aliphatic heterocycles. The van der Waals surface area contributed by atoms with Gasteiger partial charge in [-0.25, -0.2) is 13.2 Å². The molecule has 104 valence electrons. The number of nitrogens with one attached hydrogen (secondary N) is 2. The first-order chi connectivity index (χ1) is 8.73. The van der Waals surface area contributed by atoms with Crippen LogP contribution >= 0.6 is 11.6 Å². The normalized spacial score (nSPS) is 10.8. The summed E-state index contributed by atoms with van der Waals surface area (Å²) in [6, 6.07) is 2.98. The number of hydrogen-bond donors (Lipinski definition) is 3. The van der Waals surface area contributed by atoms with Gasteiger partial charge in [-0.3, -0.25) is 4.72 Å². The van der Waals surface area contributed by atoms with Gasteiger partial charge in [-0.15, -0.1) is 0 Å². The van der Waals surface area contributed by atoms with Crippen LogP contribution in [0.4, 0.5) is 10.5 Å². The molecule has 0 aromatic heterocycles. The lowest BCUT2D eigenvalue weighted by atomic mass is 10.1. The highest BCUT2D eigenvalue weighted by Crippen LogP contribution is 2.27. The zero-order chi connectivity index (χ0) is 14.6. The first-order valence-corrected chi connectivity index (χ1v) is 7.39. The molecule has 3 N–H and O–H groups in total. The van der Waals surface area contributed by atoms with Crippen LogP contribution in [0.25, 0.3) is 6.08 Å². The summed E-state index contributed by atoms with van der Waals surface area (Å²) < 4.78 is 24.7. The summed E-state index contributed by atoms with van der Waals surface area (Å²) in [6.45, 7) is 3.59. The van der Waals surface area contributed by atoms with Crippen LogP contribution in [-0.2, 0) is 16.6 Å². The predicted molar refractivity (Wildman–Crippen MR) is 74.9 cm³/mol. The van der Waals surface area contributed by atoms with Crippen molar-refractivity contribution in [3.8, 4) is 0 Å². The van der Waals surface area contributed by atoms with Gasteiger partial charge < -0.3 is 10.4 Å². The Balaban J connectivity index is 3.13. The number of halogens is 1. The first kappa shape index (κ1) is 15.3. The molecule has 6 nitrogen and oxygen atoms in total. The maximum Gasteiger partial charge on any atom is 0.404 e. The van der Waals surface area contributed by atoms with Gasteiger partial charge in [0, 0.05) is 11.6 Å². The standard InChI is InChI=1S/C11H13ClN2O4S/c1-3-7-4-8(6-13-11(15)16)9(12)5-10(7)14-19(2,17)18/h3-5,13-14H,1,6H2,2H3,(H,15,16). The number of benzene rings is 1. The van der Waals surface area contributed by atoms with Crippen molar-refractivity contribution >= 4 is 39.5 Å². The Hall–Kier alpha value is -1.73. The van der Waals surface area contributed by atoms with Crippen LogP contribution in [0.5, 0.6) is 0 Å². The molecule has 0 spiro atoms. The van der Waals surface area contributed by atoms with Crippen LogP contribution in [0.3, 0.4) is 0 Å².